The highest BCUT2D eigenvalue weighted by Crippen LogP contribution is 2.22. The molecule has 0 spiro atoms. The second-order valence-electron chi connectivity index (χ2n) is 5.86. The number of hydrogen-bond donors (Lipinski definition) is 1. The molecule has 0 saturated heterocycles. The summed E-state index contributed by atoms with van der Waals surface area (Å²) in [6, 6.07) is 4.24. The van der Waals surface area contributed by atoms with Crippen molar-refractivity contribution >= 4 is 0 Å². The van der Waals surface area contributed by atoms with Crippen LogP contribution in [0, 0.1) is 6.92 Å². The van der Waals surface area contributed by atoms with Crippen LogP contribution in [0.5, 0.6) is 5.88 Å². The molecule has 0 radical (unpaired) electrons. The lowest BCUT2D eigenvalue weighted by Gasteiger charge is -2.17. The van der Waals surface area contributed by atoms with E-state index < -0.39 is 0 Å². The largest absolute Gasteiger partial charge is 0.474 e. The fourth-order valence-electron chi connectivity index (χ4n) is 2.81. The van der Waals surface area contributed by atoms with Crippen molar-refractivity contribution in [2.75, 3.05) is 6.54 Å². The number of rotatable bonds is 6. The zero-order chi connectivity index (χ0) is 14.2. The molecule has 1 aromatic rings. The molecule has 1 aliphatic rings. The molecule has 0 bridgehead atoms. The third-order valence-corrected chi connectivity index (χ3v) is 3.84. The highest BCUT2D eigenvalue weighted by Gasteiger charge is 2.14. The van der Waals surface area contributed by atoms with Crippen LogP contribution in [0.25, 0.3) is 0 Å². The van der Waals surface area contributed by atoms with E-state index in [1.54, 1.807) is 0 Å². The first kappa shape index (κ1) is 15.3. The molecule has 0 amide bonds. The van der Waals surface area contributed by atoms with Crippen LogP contribution in [0.1, 0.15) is 63.1 Å². The summed E-state index contributed by atoms with van der Waals surface area (Å²) in [6.45, 7) is 6.19. The minimum Gasteiger partial charge on any atom is -0.474 e. The van der Waals surface area contributed by atoms with Gasteiger partial charge in [0.15, 0.2) is 0 Å². The van der Waals surface area contributed by atoms with Gasteiger partial charge in [0.1, 0.15) is 6.10 Å². The minimum atomic E-state index is 0.364. The standard InChI is InChI=1S/C17H28N2O/c1-3-10-18-13-15-11-14(2)19-17(12-15)20-16-8-6-4-5-7-9-16/h11-12,16,18H,3-10,13H2,1-2H3. The Balaban J connectivity index is 1.95. The van der Waals surface area contributed by atoms with Gasteiger partial charge in [-0.25, -0.2) is 4.98 Å². The molecule has 3 nitrogen and oxygen atoms in total. The zero-order valence-corrected chi connectivity index (χ0v) is 13.0. The topological polar surface area (TPSA) is 34.2 Å². The van der Waals surface area contributed by atoms with Crippen molar-refractivity contribution in [2.24, 2.45) is 0 Å². The Morgan fingerprint density at radius 2 is 1.95 bits per heavy atom. The van der Waals surface area contributed by atoms with E-state index in [1.165, 1.54) is 44.1 Å². The van der Waals surface area contributed by atoms with Gasteiger partial charge in [-0.1, -0.05) is 19.8 Å². The predicted molar refractivity (Wildman–Crippen MR) is 83.1 cm³/mol. The maximum atomic E-state index is 6.12. The monoisotopic (exact) mass is 276 g/mol. The van der Waals surface area contributed by atoms with E-state index in [2.05, 4.69) is 29.4 Å². The molecule has 3 heteroatoms. The molecule has 1 heterocycles. The number of ether oxygens (including phenoxy) is 1. The van der Waals surface area contributed by atoms with Gasteiger partial charge in [0.25, 0.3) is 0 Å². The molecule has 1 saturated carbocycles. The van der Waals surface area contributed by atoms with Crippen molar-refractivity contribution in [1.29, 1.82) is 0 Å². The van der Waals surface area contributed by atoms with Gasteiger partial charge in [-0.2, -0.15) is 0 Å². The summed E-state index contributed by atoms with van der Waals surface area (Å²) in [5, 5.41) is 3.44. The average molecular weight is 276 g/mol. The van der Waals surface area contributed by atoms with Gasteiger partial charge in [-0.05, 0) is 57.2 Å². The first-order chi connectivity index (χ1) is 9.78. The number of nitrogens with one attached hydrogen (secondary N) is 1. The molecular formula is C17H28N2O. The molecule has 1 aliphatic carbocycles. The molecule has 0 aliphatic heterocycles. The molecule has 112 valence electrons. The van der Waals surface area contributed by atoms with E-state index in [-0.39, 0.29) is 0 Å². The van der Waals surface area contributed by atoms with Crippen molar-refractivity contribution in [3.05, 3.63) is 23.4 Å². The quantitative estimate of drug-likeness (QED) is 0.630. The van der Waals surface area contributed by atoms with Gasteiger partial charge < -0.3 is 10.1 Å². The van der Waals surface area contributed by atoms with Crippen LogP contribution in [0.3, 0.4) is 0 Å². The highest BCUT2D eigenvalue weighted by molar-refractivity contribution is 5.24. The van der Waals surface area contributed by atoms with Gasteiger partial charge >= 0.3 is 0 Å². The van der Waals surface area contributed by atoms with Crippen LogP contribution in [0.4, 0.5) is 0 Å². The summed E-state index contributed by atoms with van der Waals surface area (Å²) in [5.41, 5.74) is 2.32. The maximum Gasteiger partial charge on any atom is 0.214 e. The van der Waals surface area contributed by atoms with Crippen molar-refractivity contribution < 1.29 is 4.74 Å². The van der Waals surface area contributed by atoms with E-state index in [0.717, 1.165) is 31.1 Å². The van der Waals surface area contributed by atoms with E-state index in [9.17, 15) is 0 Å². The summed E-state index contributed by atoms with van der Waals surface area (Å²) in [6.07, 6.45) is 9.18. The highest BCUT2D eigenvalue weighted by atomic mass is 16.5. The van der Waals surface area contributed by atoms with Crippen molar-refractivity contribution in [3.63, 3.8) is 0 Å². The number of nitrogens with zero attached hydrogens (tertiary/aromatic N) is 1. The summed E-state index contributed by atoms with van der Waals surface area (Å²) in [7, 11) is 0. The van der Waals surface area contributed by atoms with Crippen LogP contribution in [0.15, 0.2) is 12.1 Å². The van der Waals surface area contributed by atoms with Gasteiger partial charge in [-0.3, -0.25) is 0 Å². The fraction of sp³-hybridized carbons (Fsp3) is 0.706. The van der Waals surface area contributed by atoms with Gasteiger partial charge in [0, 0.05) is 18.3 Å². The Morgan fingerprint density at radius 3 is 2.65 bits per heavy atom. The van der Waals surface area contributed by atoms with Crippen molar-refractivity contribution in [3.8, 4) is 5.88 Å². The molecule has 1 N–H and O–H groups in total. The van der Waals surface area contributed by atoms with E-state index in [1.807, 2.05) is 6.92 Å². The summed E-state index contributed by atoms with van der Waals surface area (Å²) in [5.74, 6) is 0.810. The second kappa shape index (κ2) is 8.25. The molecule has 0 unspecified atom stereocenters. The van der Waals surface area contributed by atoms with Gasteiger partial charge in [-0.15, -0.1) is 0 Å². The average Bonchev–Trinajstić information content (AvgIpc) is 2.67. The zero-order valence-electron chi connectivity index (χ0n) is 13.0. The maximum absolute atomic E-state index is 6.12. The summed E-state index contributed by atoms with van der Waals surface area (Å²) < 4.78 is 6.12. The van der Waals surface area contributed by atoms with Crippen LogP contribution in [-0.4, -0.2) is 17.6 Å². The molecular weight excluding hydrogens is 248 g/mol. The van der Waals surface area contributed by atoms with Crippen LogP contribution in [-0.2, 0) is 6.54 Å². The smallest absolute Gasteiger partial charge is 0.214 e. The lowest BCUT2D eigenvalue weighted by molar-refractivity contribution is 0.175. The Morgan fingerprint density at radius 1 is 1.20 bits per heavy atom. The van der Waals surface area contributed by atoms with E-state index in [4.69, 9.17) is 4.74 Å². The number of aromatic nitrogens is 1. The Hall–Kier alpha value is -1.09. The molecule has 2 rings (SSSR count). The lowest BCUT2D eigenvalue weighted by atomic mass is 10.1. The van der Waals surface area contributed by atoms with Gasteiger partial charge in [0.05, 0.1) is 0 Å². The van der Waals surface area contributed by atoms with Crippen LogP contribution < -0.4 is 10.1 Å². The molecule has 0 atom stereocenters. The van der Waals surface area contributed by atoms with Crippen LogP contribution in [0.2, 0.25) is 0 Å². The second-order valence-corrected chi connectivity index (χ2v) is 5.86. The lowest BCUT2D eigenvalue weighted by Crippen LogP contribution is -2.17. The SMILES string of the molecule is CCCNCc1cc(C)nc(OC2CCCCCC2)c1. The first-order valence-electron chi connectivity index (χ1n) is 8.13. The minimum absolute atomic E-state index is 0.364. The van der Waals surface area contributed by atoms with E-state index >= 15 is 0 Å². The summed E-state index contributed by atoms with van der Waals surface area (Å²) >= 11 is 0. The number of aryl methyl sites for hydroxylation is 1. The van der Waals surface area contributed by atoms with Crippen molar-refractivity contribution in [1.82, 2.24) is 10.3 Å². The molecule has 20 heavy (non-hydrogen) atoms. The van der Waals surface area contributed by atoms with Crippen LogP contribution >= 0.6 is 0 Å². The summed E-state index contributed by atoms with van der Waals surface area (Å²) in [4.78, 5) is 4.54. The Bertz CT molecular complexity index is 398. The van der Waals surface area contributed by atoms with Crippen molar-refractivity contribution in [2.45, 2.75) is 71.4 Å². The fourth-order valence-corrected chi connectivity index (χ4v) is 2.81. The normalized spacial score (nSPS) is 16.9. The number of hydrogen-bond acceptors (Lipinski definition) is 3. The molecule has 1 aromatic heterocycles. The van der Waals surface area contributed by atoms with Gasteiger partial charge in [0.2, 0.25) is 5.88 Å². The third kappa shape index (κ3) is 5.12. The van der Waals surface area contributed by atoms with E-state index in [0.29, 0.717) is 6.10 Å². The Labute approximate surface area is 123 Å². The molecule has 0 aromatic carbocycles. The molecule has 1 fully saturated rings. The third-order valence-electron chi connectivity index (χ3n) is 3.84. The predicted octanol–water partition coefficient (Wildman–Crippen LogP) is 3.99. The Kier molecular flexibility index (Phi) is 6.31. The first-order valence-corrected chi connectivity index (χ1v) is 8.13. The number of pyridine rings is 1.